The lowest BCUT2D eigenvalue weighted by Gasteiger charge is -2.12. The molecule has 5 heteroatoms. The number of rotatable bonds is 11. The molecule has 0 aliphatic rings. The molecular formula is C18H31N3O2. The highest BCUT2D eigenvalue weighted by Gasteiger charge is 1.99. The van der Waals surface area contributed by atoms with Crippen molar-refractivity contribution in [3.63, 3.8) is 0 Å². The maximum absolute atomic E-state index is 8.66. The second kappa shape index (κ2) is 12.9. The summed E-state index contributed by atoms with van der Waals surface area (Å²) >= 11 is 0. The van der Waals surface area contributed by atoms with E-state index in [2.05, 4.69) is 53.7 Å². The first-order valence-corrected chi connectivity index (χ1v) is 8.52. The summed E-state index contributed by atoms with van der Waals surface area (Å²) in [6.45, 7) is 7.80. The Kier molecular flexibility index (Phi) is 10.9. The third-order valence-electron chi connectivity index (χ3n) is 3.36. The molecule has 0 saturated carbocycles. The minimum Gasteiger partial charge on any atom is -0.394 e. The van der Waals surface area contributed by atoms with Gasteiger partial charge < -0.3 is 20.5 Å². The van der Waals surface area contributed by atoms with Gasteiger partial charge in [0.2, 0.25) is 0 Å². The average molecular weight is 321 g/mol. The van der Waals surface area contributed by atoms with Crippen molar-refractivity contribution in [3.05, 3.63) is 35.4 Å². The number of hydrogen-bond acceptors (Lipinski definition) is 3. The predicted octanol–water partition coefficient (Wildman–Crippen LogP) is 2.23. The van der Waals surface area contributed by atoms with Gasteiger partial charge in [-0.05, 0) is 25.3 Å². The predicted molar refractivity (Wildman–Crippen MR) is 95.8 cm³/mol. The molecule has 0 spiro atoms. The van der Waals surface area contributed by atoms with Gasteiger partial charge in [-0.3, -0.25) is 0 Å². The van der Waals surface area contributed by atoms with Crippen LogP contribution < -0.4 is 10.6 Å². The van der Waals surface area contributed by atoms with Crippen LogP contribution in [0.15, 0.2) is 29.3 Å². The number of nitrogens with one attached hydrogen (secondary N) is 2. The van der Waals surface area contributed by atoms with E-state index in [-0.39, 0.29) is 6.61 Å². The van der Waals surface area contributed by atoms with Gasteiger partial charge in [0.15, 0.2) is 5.96 Å². The van der Waals surface area contributed by atoms with Gasteiger partial charge in [0, 0.05) is 19.7 Å². The summed E-state index contributed by atoms with van der Waals surface area (Å²) in [4.78, 5) is 4.64. The van der Waals surface area contributed by atoms with Gasteiger partial charge in [0.1, 0.15) is 0 Å². The lowest BCUT2D eigenvalue weighted by molar-refractivity contribution is 0.0912. The van der Waals surface area contributed by atoms with E-state index < -0.39 is 0 Å². The first-order valence-electron chi connectivity index (χ1n) is 8.52. The fourth-order valence-electron chi connectivity index (χ4n) is 1.97. The summed E-state index contributed by atoms with van der Waals surface area (Å²) in [5.74, 6) is 0.848. The zero-order chi connectivity index (χ0) is 16.8. The molecule has 0 radical (unpaired) electrons. The molecular weight excluding hydrogens is 290 g/mol. The maximum atomic E-state index is 8.66. The summed E-state index contributed by atoms with van der Waals surface area (Å²) in [5, 5.41) is 15.4. The van der Waals surface area contributed by atoms with Crippen molar-refractivity contribution in [3.8, 4) is 0 Å². The number of aryl methyl sites for hydroxylation is 1. The molecule has 0 amide bonds. The number of hydrogen-bond donors (Lipinski definition) is 3. The van der Waals surface area contributed by atoms with Crippen molar-refractivity contribution >= 4 is 5.96 Å². The zero-order valence-electron chi connectivity index (χ0n) is 14.5. The van der Waals surface area contributed by atoms with Crippen LogP contribution in [0, 0.1) is 6.92 Å². The fraction of sp³-hybridized carbons (Fsp3) is 0.611. The molecule has 1 rings (SSSR count). The van der Waals surface area contributed by atoms with Crippen LogP contribution >= 0.6 is 0 Å². The summed E-state index contributed by atoms with van der Waals surface area (Å²) in [6, 6.07) is 8.46. The van der Waals surface area contributed by atoms with Crippen LogP contribution in [-0.2, 0) is 11.3 Å². The van der Waals surface area contributed by atoms with Crippen LogP contribution in [0.1, 0.15) is 37.3 Å². The molecule has 0 aliphatic carbocycles. The van der Waals surface area contributed by atoms with Gasteiger partial charge in [-0.25, -0.2) is 4.99 Å². The van der Waals surface area contributed by atoms with Crippen LogP contribution in [0.4, 0.5) is 0 Å². The van der Waals surface area contributed by atoms with E-state index in [1.54, 1.807) is 0 Å². The molecule has 0 fully saturated rings. The van der Waals surface area contributed by atoms with Crippen LogP contribution in [-0.4, -0.2) is 44.0 Å². The van der Waals surface area contributed by atoms with Gasteiger partial charge in [-0.1, -0.05) is 43.2 Å². The minimum atomic E-state index is 0.0786. The highest BCUT2D eigenvalue weighted by atomic mass is 16.5. The van der Waals surface area contributed by atoms with Gasteiger partial charge in [-0.2, -0.15) is 0 Å². The number of aliphatic imine (C=N–C) groups is 1. The molecule has 0 aliphatic heterocycles. The summed E-state index contributed by atoms with van der Waals surface area (Å²) in [5.41, 5.74) is 2.47. The van der Waals surface area contributed by atoms with Gasteiger partial charge in [0.25, 0.3) is 0 Å². The van der Waals surface area contributed by atoms with Crippen molar-refractivity contribution in [2.24, 2.45) is 4.99 Å². The second-order valence-electron chi connectivity index (χ2n) is 5.55. The Balaban J connectivity index is 2.40. The lowest BCUT2D eigenvalue weighted by Crippen LogP contribution is -2.38. The molecule has 0 heterocycles. The van der Waals surface area contributed by atoms with E-state index in [4.69, 9.17) is 9.84 Å². The molecule has 3 N–H and O–H groups in total. The first-order chi connectivity index (χ1) is 11.3. The van der Waals surface area contributed by atoms with Crippen molar-refractivity contribution in [1.29, 1.82) is 0 Å². The topological polar surface area (TPSA) is 65.9 Å². The monoisotopic (exact) mass is 321 g/mol. The minimum absolute atomic E-state index is 0.0786. The normalized spacial score (nSPS) is 11.5. The largest absolute Gasteiger partial charge is 0.394 e. The Morgan fingerprint density at radius 2 is 1.78 bits per heavy atom. The van der Waals surface area contributed by atoms with Crippen LogP contribution in [0.2, 0.25) is 0 Å². The number of ether oxygens (including phenoxy) is 1. The molecule has 1 aromatic rings. The van der Waals surface area contributed by atoms with Gasteiger partial charge in [-0.15, -0.1) is 0 Å². The van der Waals surface area contributed by atoms with E-state index in [9.17, 15) is 0 Å². The average Bonchev–Trinajstić information content (AvgIpc) is 2.56. The van der Waals surface area contributed by atoms with Crippen molar-refractivity contribution < 1.29 is 9.84 Å². The lowest BCUT2D eigenvalue weighted by atomic mass is 10.1. The second-order valence-corrected chi connectivity index (χ2v) is 5.55. The summed E-state index contributed by atoms with van der Waals surface area (Å²) < 4.78 is 5.25. The third-order valence-corrected chi connectivity index (χ3v) is 3.36. The van der Waals surface area contributed by atoms with Crippen LogP contribution in [0.25, 0.3) is 0 Å². The molecule has 0 bridgehead atoms. The van der Waals surface area contributed by atoms with E-state index in [1.165, 1.54) is 11.1 Å². The van der Waals surface area contributed by atoms with Crippen molar-refractivity contribution in [2.75, 3.05) is 32.9 Å². The highest BCUT2D eigenvalue weighted by Crippen LogP contribution is 2.04. The number of guanidine groups is 1. The Bertz CT molecular complexity index is 432. The molecule has 1 aromatic carbocycles. The Morgan fingerprint density at radius 3 is 2.43 bits per heavy atom. The van der Waals surface area contributed by atoms with E-state index >= 15 is 0 Å². The molecule has 0 saturated heterocycles. The fourth-order valence-corrected chi connectivity index (χ4v) is 1.97. The van der Waals surface area contributed by atoms with Crippen molar-refractivity contribution in [2.45, 2.75) is 39.7 Å². The molecule has 23 heavy (non-hydrogen) atoms. The smallest absolute Gasteiger partial charge is 0.191 e. The maximum Gasteiger partial charge on any atom is 0.191 e. The van der Waals surface area contributed by atoms with Gasteiger partial charge in [0.05, 0.1) is 19.8 Å². The Hall–Kier alpha value is -1.59. The third kappa shape index (κ3) is 9.92. The Labute approximate surface area is 140 Å². The van der Waals surface area contributed by atoms with E-state index in [1.807, 2.05) is 0 Å². The van der Waals surface area contributed by atoms with Gasteiger partial charge >= 0.3 is 0 Å². The molecule has 130 valence electrons. The number of benzene rings is 1. The highest BCUT2D eigenvalue weighted by molar-refractivity contribution is 5.79. The number of aliphatic hydroxyl groups is 1. The quantitative estimate of drug-likeness (QED) is 0.332. The van der Waals surface area contributed by atoms with E-state index in [0.717, 1.165) is 38.3 Å². The molecule has 5 nitrogen and oxygen atoms in total. The van der Waals surface area contributed by atoms with E-state index in [0.29, 0.717) is 19.8 Å². The summed E-state index contributed by atoms with van der Waals surface area (Å²) in [6.07, 6.45) is 3.18. The number of aliphatic hydroxyl groups excluding tert-OH is 1. The molecule has 0 atom stereocenters. The van der Waals surface area contributed by atoms with Crippen molar-refractivity contribution in [1.82, 2.24) is 10.6 Å². The molecule has 0 unspecified atom stereocenters. The number of nitrogens with zero attached hydrogens (tertiary/aromatic N) is 1. The van der Waals surface area contributed by atoms with Crippen LogP contribution in [0.3, 0.4) is 0 Å². The summed E-state index contributed by atoms with van der Waals surface area (Å²) in [7, 11) is 0. The SMILES string of the molecule is CCCCNC(=NCc1ccc(C)cc1)NCCCOCCO. The molecule has 0 aromatic heterocycles. The zero-order valence-corrected chi connectivity index (χ0v) is 14.5. The van der Waals surface area contributed by atoms with Crippen LogP contribution in [0.5, 0.6) is 0 Å². The number of unbranched alkanes of at least 4 members (excludes halogenated alkanes) is 1. The standard InChI is InChI=1S/C18H31N3O2/c1-3-4-10-19-18(20-11-5-13-23-14-12-22)21-15-17-8-6-16(2)7-9-17/h6-9,22H,3-5,10-15H2,1-2H3,(H2,19,20,21). The first kappa shape index (κ1) is 19.5. The Morgan fingerprint density at radius 1 is 1.09 bits per heavy atom.